The molecular formula is C19H20N2O2S. The van der Waals surface area contributed by atoms with E-state index in [1.807, 2.05) is 30.3 Å². The molecule has 0 unspecified atom stereocenters. The third-order valence-electron chi connectivity index (χ3n) is 3.91. The lowest BCUT2D eigenvalue weighted by molar-refractivity contribution is 0.0786. The molecule has 0 atom stereocenters. The van der Waals surface area contributed by atoms with E-state index in [0.717, 1.165) is 17.8 Å². The normalized spacial score (nSPS) is 10.6. The number of rotatable bonds is 6. The van der Waals surface area contributed by atoms with Crippen molar-refractivity contribution in [1.29, 1.82) is 0 Å². The maximum absolute atomic E-state index is 12.8. The number of carbonyl (C=O) groups excluding carboxylic acids is 1. The summed E-state index contributed by atoms with van der Waals surface area (Å²) in [5.41, 5.74) is 3.78. The first-order valence-corrected chi connectivity index (χ1v) is 8.65. The van der Waals surface area contributed by atoms with Gasteiger partial charge in [0.1, 0.15) is 0 Å². The number of carbonyl (C=O) groups is 1. The Balaban J connectivity index is 1.73. The molecule has 1 N–H and O–H groups in total. The lowest BCUT2D eigenvalue weighted by Gasteiger charge is -2.19. The van der Waals surface area contributed by atoms with E-state index < -0.39 is 0 Å². The lowest BCUT2D eigenvalue weighted by Crippen LogP contribution is -2.26. The Kier molecular flexibility index (Phi) is 5.01. The first-order valence-electron chi connectivity index (χ1n) is 7.77. The summed E-state index contributed by atoms with van der Waals surface area (Å²) in [5, 5.41) is 5.48. The summed E-state index contributed by atoms with van der Waals surface area (Å²) in [7, 11) is 1.80. The second-order valence-electron chi connectivity index (χ2n) is 5.72. The highest BCUT2D eigenvalue weighted by atomic mass is 32.1. The molecule has 24 heavy (non-hydrogen) atoms. The number of benzene rings is 1. The molecule has 3 rings (SSSR count). The van der Waals surface area contributed by atoms with Crippen molar-refractivity contribution in [2.75, 3.05) is 12.4 Å². The van der Waals surface area contributed by atoms with Crippen LogP contribution in [0.1, 0.15) is 26.4 Å². The number of furan rings is 1. The van der Waals surface area contributed by atoms with Gasteiger partial charge in [0.25, 0.3) is 5.91 Å². The lowest BCUT2D eigenvalue weighted by atomic mass is 10.1. The Labute approximate surface area is 145 Å². The highest BCUT2D eigenvalue weighted by molar-refractivity contribution is 7.10. The number of aryl methyl sites for hydroxylation is 1. The molecule has 0 aliphatic heterocycles. The maximum Gasteiger partial charge on any atom is 0.255 e. The van der Waals surface area contributed by atoms with Crippen LogP contribution < -0.4 is 5.32 Å². The van der Waals surface area contributed by atoms with Crippen LogP contribution >= 0.6 is 11.3 Å². The van der Waals surface area contributed by atoms with Gasteiger partial charge in [0.15, 0.2) is 0 Å². The van der Waals surface area contributed by atoms with E-state index in [1.165, 1.54) is 10.4 Å². The van der Waals surface area contributed by atoms with Crippen molar-refractivity contribution in [1.82, 2.24) is 4.90 Å². The summed E-state index contributed by atoms with van der Waals surface area (Å²) < 4.78 is 5.07. The Morgan fingerprint density at radius 2 is 2.08 bits per heavy atom. The predicted octanol–water partition coefficient (Wildman–Crippen LogP) is 4.53. The molecule has 4 nitrogen and oxygen atoms in total. The number of amides is 1. The van der Waals surface area contributed by atoms with E-state index in [9.17, 15) is 4.79 Å². The Morgan fingerprint density at radius 3 is 2.79 bits per heavy atom. The molecule has 1 aromatic carbocycles. The van der Waals surface area contributed by atoms with Crippen molar-refractivity contribution < 1.29 is 9.21 Å². The van der Waals surface area contributed by atoms with Crippen LogP contribution in [0.25, 0.3) is 0 Å². The van der Waals surface area contributed by atoms with Gasteiger partial charge >= 0.3 is 0 Å². The fraction of sp³-hybridized carbons (Fsp3) is 0.211. The fourth-order valence-electron chi connectivity index (χ4n) is 2.52. The summed E-state index contributed by atoms with van der Waals surface area (Å²) in [6.07, 6.45) is 3.28. The second kappa shape index (κ2) is 7.36. The molecule has 0 aliphatic carbocycles. The van der Waals surface area contributed by atoms with Crippen LogP contribution in [0.2, 0.25) is 0 Å². The van der Waals surface area contributed by atoms with Gasteiger partial charge in [-0.15, -0.1) is 11.3 Å². The quantitative estimate of drug-likeness (QED) is 0.717. The van der Waals surface area contributed by atoms with E-state index in [2.05, 4.69) is 23.7 Å². The number of anilines is 1. The predicted molar refractivity (Wildman–Crippen MR) is 97.3 cm³/mol. The molecule has 1 amide bonds. The second-order valence-corrected chi connectivity index (χ2v) is 6.72. The zero-order valence-electron chi connectivity index (χ0n) is 13.8. The molecular weight excluding hydrogens is 320 g/mol. The molecule has 2 heterocycles. The van der Waals surface area contributed by atoms with Gasteiger partial charge < -0.3 is 14.6 Å². The van der Waals surface area contributed by atoms with Crippen LogP contribution in [0, 0.1) is 6.92 Å². The van der Waals surface area contributed by atoms with Gasteiger partial charge in [-0.25, -0.2) is 0 Å². The van der Waals surface area contributed by atoms with Crippen molar-refractivity contribution in [3.63, 3.8) is 0 Å². The van der Waals surface area contributed by atoms with E-state index >= 15 is 0 Å². The third kappa shape index (κ3) is 3.68. The van der Waals surface area contributed by atoms with Gasteiger partial charge in [-0.05, 0) is 42.1 Å². The van der Waals surface area contributed by atoms with Crippen LogP contribution in [0.15, 0.2) is 58.7 Å². The summed E-state index contributed by atoms with van der Waals surface area (Å²) in [5.74, 6) is -0.0119. The molecule has 0 bridgehead atoms. The Hall–Kier alpha value is -2.53. The van der Waals surface area contributed by atoms with Crippen molar-refractivity contribution in [3.05, 3.63) is 75.9 Å². The highest BCUT2D eigenvalue weighted by Crippen LogP contribution is 2.21. The van der Waals surface area contributed by atoms with Gasteiger partial charge in [-0.3, -0.25) is 4.79 Å². The monoisotopic (exact) mass is 340 g/mol. The zero-order valence-corrected chi connectivity index (χ0v) is 14.6. The van der Waals surface area contributed by atoms with Crippen molar-refractivity contribution in [3.8, 4) is 0 Å². The summed E-state index contributed by atoms with van der Waals surface area (Å²) in [6.45, 7) is 3.34. The fourth-order valence-corrected chi connectivity index (χ4v) is 3.36. The number of hydrogen-bond acceptors (Lipinski definition) is 4. The minimum Gasteiger partial charge on any atom is -0.472 e. The topological polar surface area (TPSA) is 45.5 Å². The maximum atomic E-state index is 12.8. The van der Waals surface area contributed by atoms with Crippen LogP contribution in [-0.2, 0) is 13.1 Å². The summed E-state index contributed by atoms with van der Waals surface area (Å²) in [6, 6.07) is 11.6. The minimum atomic E-state index is -0.0119. The number of hydrogen-bond donors (Lipinski definition) is 1. The smallest absolute Gasteiger partial charge is 0.255 e. The van der Waals surface area contributed by atoms with E-state index in [4.69, 9.17) is 4.42 Å². The number of nitrogens with one attached hydrogen (secondary N) is 1. The molecule has 0 fully saturated rings. The molecule has 0 saturated carbocycles. The average molecular weight is 340 g/mol. The minimum absolute atomic E-state index is 0.0119. The van der Waals surface area contributed by atoms with Crippen LogP contribution in [0.4, 0.5) is 5.69 Å². The molecule has 0 saturated heterocycles. The largest absolute Gasteiger partial charge is 0.472 e. The van der Waals surface area contributed by atoms with Gasteiger partial charge in [-0.2, -0.15) is 0 Å². The van der Waals surface area contributed by atoms with Crippen molar-refractivity contribution in [2.24, 2.45) is 0 Å². The van der Waals surface area contributed by atoms with Gasteiger partial charge in [-0.1, -0.05) is 12.1 Å². The standard InChI is InChI=1S/C19H20N2O2S/c1-14-8-10-24-18(14)11-20-17-6-4-3-5-16(17)19(22)21(2)12-15-7-9-23-13-15/h3-10,13,20H,11-12H2,1-2H3. The number of para-hydroxylation sites is 1. The van der Waals surface area contributed by atoms with Gasteiger partial charge in [0.2, 0.25) is 0 Å². The first-order chi connectivity index (χ1) is 11.6. The summed E-state index contributed by atoms with van der Waals surface area (Å²) >= 11 is 1.72. The average Bonchev–Trinajstić information content (AvgIpc) is 3.24. The van der Waals surface area contributed by atoms with Crippen molar-refractivity contribution >= 4 is 22.9 Å². The van der Waals surface area contributed by atoms with Gasteiger partial charge in [0.05, 0.1) is 18.1 Å². The van der Waals surface area contributed by atoms with Crippen LogP contribution in [-0.4, -0.2) is 17.9 Å². The van der Waals surface area contributed by atoms with Crippen LogP contribution in [0.3, 0.4) is 0 Å². The van der Waals surface area contributed by atoms with E-state index in [0.29, 0.717) is 12.1 Å². The molecule has 0 spiro atoms. The van der Waals surface area contributed by atoms with E-state index in [-0.39, 0.29) is 5.91 Å². The molecule has 124 valence electrons. The van der Waals surface area contributed by atoms with Crippen molar-refractivity contribution in [2.45, 2.75) is 20.0 Å². The summed E-state index contributed by atoms with van der Waals surface area (Å²) in [4.78, 5) is 15.8. The van der Waals surface area contributed by atoms with Crippen LogP contribution in [0.5, 0.6) is 0 Å². The number of thiophene rings is 1. The zero-order chi connectivity index (χ0) is 16.9. The molecule has 0 radical (unpaired) electrons. The molecule has 2 aromatic heterocycles. The first kappa shape index (κ1) is 16.3. The molecule has 0 aliphatic rings. The Morgan fingerprint density at radius 1 is 1.25 bits per heavy atom. The molecule has 5 heteroatoms. The Bertz CT molecular complexity index is 808. The van der Waals surface area contributed by atoms with E-state index in [1.54, 1.807) is 35.8 Å². The SMILES string of the molecule is Cc1ccsc1CNc1ccccc1C(=O)N(C)Cc1ccoc1. The third-order valence-corrected chi connectivity index (χ3v) is 4.93. The van der Waals surface area contributed by atoms with Gasteiger partial charge in [0, 0.05) is 36.3 Å². The highest BCUT2D eigenvalue weighted by Gasteiger charge is 2.16. The molecule has 3 aromatic rings. The number of nitrogens with zero attached hydrogens (tertiary/aromatic N) is 1.